The summed E-state index contributed by atoms with van der Waals surface area (Å²) in [5.41, 5.74) is -0.400. The summed E-state index contributed by atoms with van der Waals surface area (Å²) >= 11 is 6.00. The minimum Gasteiger partial charge on any atom is -0.313 e. The quantitative estimate of drug-likeness (QED) is 0.587. The smallest absolute Gasteiger partial charge is 0.313 e. The standard InChI is InChI=1S/C16H15ClFN3O4S.ClH/c17-12-4-1-3-11(9-12)14-10-19-7-8-20(14)26(24,25)15-6-2-5-13(18)16(15)21(22)23;/h1-6,9,14,19H,7-8,10H2;1H. The fourth-order valence-electron chi connectivity index (χ4n) is 2.98. The van der Waals surface area contributed by atoms with E-state index in [1.807, 2.05) is 0 Å². The molecule has 3 rings (SSSR count). The van der Waals surface area contributed by atoms with Gasteiger partial charge in [0, 0.05) is 24.7 Å². The molecule has 2 aromatic carbocycles. The van der Waals surface area contributed by atoms with Crippen LogP contribution in [0.1, 0.15) is 11.6 Å². The first kappa shape index (κ1) is 21.5. The molecule has 0 bridgehead atoms. The SMILES string of the molecule is Cl.O=[N+]([O-])c1c(F)cccc1S(=O)(=O)N1CCNCC1c1cccc(Cl)c1. The molecule has 1 N–H and O–H groups in total. The summed E-state index contributed by atoms with van der Waals surface area (Å²) in [5.74, 6) is -1.19. The fraction of sp³-hybridized carbons (Fsp3) is 0.250. The van der Waals surface area contributed by atoms with Crippen LogP contribution in [0, 0.1) is 15.9 Å². The minimum absolute atomic E-state index is 0. The Hall–Kier alpha value is -1.78. The van der Waals surface area contributed by atoms with E-state index in [1.54, 1.807) is 24.3 Å². The van der Waals surface area contributed by atoms with Crippen LogP contribution in [0.5, 0.6) is 0 Å². The number of nitro benzene ring substituents is 1. The molecular weight excluding hydrogens is 420 g/mol. The van der Waals surface area contributed by atoms with Gasteiger partial charge in [0.2, 0.25) is 5.82 Å². The summed E-state index contributed by atoms with van der Waals surface area (Å²) in [7, 11) is -4.30. The van der Waals surface area contributed by atoms with Crippen LogP contribution in [0.3, 0.4) is 0 Å². The van der Waals surface area contributed by atoms with Crippen LogP contribution >= 0.6 is 24.0 Å². The highest BCUT2D eigenvalue weighted by Crippen LogP contribution is 2.34. The van der Waals surface area contributed by atoms with Crippen molar-refractivity contribution in [3.8, 4) is 0 Å². The van der Waals surface area contributed by atoms with Gasteiger partial charge in [0.15, 0.2) is 4.90 Å². The molecule has 0 amide bonds. The number of hydrogen-bond donors (Lipinski definition) is 1. The number of halogens is 3. The fourth-order valence-corrected chi connectivity index (χ4v) is 4.96. The highest BCUT2D eigenvalue weighted by molar-refractivity contribution is 7.89. The molecular formula is C16H16Cl2FN3O4S. The monoisotopic (exact) mass is 435 g/mol. The number of nitrogens with one attached hydrogen (secondary N) is 1. The van der Waals surface area contributed by atoms with E-state index in [9.17, 15) is 22.9 Å². The second-order valence-electron chi connectivity index (χ2n) is 5.73. The van der Waals surface area contributed by atoms with Gasteiger partial charge in [-0.3, -0.25) is 10.1 Å². The van der Waals surface area contributed by atoms with E-state index in [-0.39, 0.29) is 19.0 Å². The molecule has 2 aromatic rings. The van der Waals surface area contributed by atoms with Crippen molar-refractivity contribution in [3.05, 3.63) is 69.0 Å². The van der Waals surface area contributed by atoms with Crippen LogP contribution in [0.2, 0.25) is 5.02 Å². The van der Waals surface area contributed by atoms with E-state index in [2.05, 4.69) is 5.32 Å². The third-order valence-corrected chi connectivity index (χ3v) is 6.32. The third kappa shape index (κ3) is 4.22. The Morgan fingerprint density at radius 1 is 1.26 bits per heavy atom. The molecule has 0 aromatic heterocycles. The predicted octanol–water partition coefficient (Wildman–Crippen LogP) is 3.14. The number of para-hydroxylation sites is 1. The number of hydrogen-bond acceptors (Lipinski definition) is 5. The van der Waals surface area contributed by atoms with E-state index < -0.39 is 37.4 Å². The van der Waals surface area contributed by atoms with Crippen LogP contribution in [-0.2, 0) is 10.0 Å². The van der Waals surface area contributed by atoms with Crippen LogP contribution < -0.4 is 5.32 Å². The molecule has 0 aliphatic carbocycles. The zero-order valence-corrected chi connectivity index (χ0v) is 16.2. The van der Waals surface area contributed by atoms with Gasteiger partial charge < -0.3 is 5.32 Å². The number of rotatable bonds is 4. The van der Waals surface area contributed by atoms with Gasteiger partial charge in [-0.15, -0.1) is 12.4 Å². The molecule has 0 saturated carbocycles. The average molecular weight is 436 g/mol. The molecule has 0 radical (unpaired) electrons. The predicted molar refractivity (Wildman–Crippen MR) is 101 cm³/mol. The lowest BCUT2D eigenvalue weighted by molar-refractivity contribution is -0.390. The van der Waals surface area contributed by atoms with Crippen LogP contribution in [-0.4, -0.2) is 37.3 Å². The molecule has 27 heavy (non-hydrogen) atoms. The number of piperazine rings is 1. The van der Waals surface area contributed by atoms with Gasteiger partial charge in [-0.1, -0.05) is 29.8 Å². The molecule has 1 heterocycles. The summed E-state index contributed by atoms with van der Waals surface area (Å²) in [5, 5.41) is 14.8. The van der Waals surface area contributed by atoms with Gasteiger partial charge in [0.1, 0.15) is 0 Å². The lowest BCUT2D eigenvalue weighted by Crippen LogP contribution is -2.48. The van der Waals surface area contributed by atoms with Crippen molar-refractivity contribution < 1.29 is 17.7 Å². The Balaban J connectivity index is 0.00000261. The van der Waals surface area contributed by atoms with E-state index in [1.165, 1.54) is 0 Å². The van der Waals surface area contributed by atoms with Gasteiger partial charge in [-0.05, 0) is 29.8 Å². The van der Waals surface area contributed by atoms with E-state index in [4.69, 9.17) is 11.6 Å². The maximum atomic E-state index is 13.9. The van der Waals surface area contributed by atoms with Crippen molar-refractivity contribution in [2.24, 2.45) is 0 Å². The molecule has 1 atom stereocenters. The Labute approximate surface area is 166 Å². The second-order valence-corrected chi connectivity index (χ2v) is 8.03. The summed E-state index contributed by atoms with van der Waals surface area (Å²) in [6.07, 6.45) is 0. The first-order chi connectivity index (χ1) is 12.3. The molecule has 0 spiro atoms. The molecule has 1 fully saturated rings. The van der Waals surface area contributed by atoms with E-state index >= 15 is 0 Å². The van der Waals surface area contributed by atoms with Gasteiger partial charge in [0.05, 0.1) is 11.0 Å². The Morgan fingerprint density at radius 2 is 1.96 bits per heavy atom. The molecule has 7 nitrogen and oxygen atoms in total. The van der Waals surface area contributed by atoms with Gasteiger partial charge >= 0.3 is 5.69 Å². The summed E-state index contributed by atoms with van der Waals surface area (Å²) in [4.78, 5) is 9.55. The first-order valence-electron chi connectivity index (χ1n) is 7.73. The molecule has 1 saturated heterocycles. The van der Waals surface area contributed by atoms with Crippen molar-refractivity contribution in [2.45, 2.75) is 10.9 Å². The largest absolute Gasteiger partial charge is 0.324 e. The highest BCUT2D eigenvalue weighted by Gasteiger charge is 2.39. The molecule has 11 heteroatoms. The lowest BCUT2D eigenvalue weighted by atomic mass is 10.1. The summed E-state index contributed by atoms with van der Waals surface area (Å²) < 4.78 is 41.3. The number of nitro groups is 1. The zero-order valence-electron chi connectivity index (χ0n) is 13.8. The first-order valence-corrected chi connectivity index (χ1v) is 9.55. The molecule has 1 unspecified atom stereocenters. The normalized spacial score (nSPS) is 17.9. The Bertz CT molecular complexity index is 958. The number of sulfonamides is 1. The maximum absolute atomic E-state index is 13.9. The zero-order chi connectivity index (χ0) is 18.9. The average Bonchev–Trinajstić information content (AvgIpc) is 2.61. The van der Waals surface area contributed by atoms with Crippen molar-refractivity contribution in [1.29, 1.82) is 0 Å². The van der Waals surface area contributed by atoms with Crippen molar-refractivity contribution in [3.63, 3.8) is 0 Å². The van der Waals surface area contributed by atoms with Gasteiger partial charge in [0.25, 0.3) is 10.0 Å². The lowest BCUT2D eigenvalue weighted by Gasteiger charge is -2.35. The van der Waals surface area contributed by atoms with Crippen LogP contribution in [0.4, 0.5) is 10.1 Å². The minimum atomic E-state index is -4.30. The molecule has 1 aliphatic rings. The van der Waals surface area contributed by atoms with Crippen LogP contribution in [0.15, 0.2) is 47.4 Å². The highest BCUT2D eigenvalue weighted by atomic mass is 35.5. The van der Waals surface area contributed by atoms with E-state index in [0.717, 1.165) is 22.5 Å². The Kier molecular flexibility index (Phi) is 6.77. The second kappa shape index (κ2) is 8.49. The third-order valence-electron chi connectivity index (χ3n) is 4.15. The Morgan fingerprint density at radius 3 is 2.63 bits per heavy atom. The van der Waals surface area contributed by atoms with Crippen LogP contribution in [0.25, 0.3) is 0 Å². The van der Waals surface area contributed by atoms with Crippen molar-refractivity contribution in [1.82, 2.24) is 9.62 Å². The van der Waals surface area contributed by atoms with E-state index in [0.29, 0.717) is 23.7 Å². The number of benzene rings is 2. The number of nitrogens with zero attached hydrogens (tertiary/aromatic N) is 2. The summed E-state index contributed by atoms with van der Waals surface area (Å²) in [6.45, 7) is 0.773. The summed E-state index contributed by atoms with van der Waals surface area (Å²) in [6, 6.07) is 9.17. The van der Waals surface area contributed by atoms with Gasteiger partial charge in [-0.2, -0.15) is 8.70 Å². The maximum Gasteiger partial charge on any atom is 0.324 e. The van der Waals surface area contributed by atoms with Crippen molar-refractivity contribution in [2.75, 3.05) is 19.6 Å². The topological polar surface area (TPSA) is 92.5 Å². The van der Waals surface area contributed by atoms with Crippen molar-refractivity contribution >= 4 is 39.7 Å². The van der Waals surface area contributed by atoms with Gasteiger partial charge in [-0.25, -0.2) is 8.42 Å². The molecule has 1 aliphatic heterocycles. The molecule has 146 valence electrons.